The van der Waals surface area contributed by atoms with Gasteiger partial charge in [0.1, 0.15) is 0 Å². The van der Waals surface area contributed by atoms with Crippen molar-refractivity contribution < 1.29 is 9.53 Å². The number of hydrogen-bond donors (Lipinski definition) is 0. The highest BCUT2D eigenvalue weighted by Gasteiger charge is 1.97. The van der Waals surface area contributed by atoms with E-state index >= 15 is 0 Å². The minimum atomic E-state index is -0.139. The molecule has 0 unspecified atom stereocenters. The third-order valence-electron chi connectivity index (χ3n) is 0.870. The predicted molar refractivity (Wildman–Crippen MR) is 47.8 cm³/mol. The molecule has 0 aromatic heterocycles. The Hall–Kier alpha value is 0.300. The molecule has 2 nitrogen and oxygen atoms in total. The Bertz CT molecular complexity index is 97.7. The molecule has 0 N–H and O–H groups in total. The van der Waals surface area contributed by atoms with Crippen LogP contribution in [0.3, 0.4) is 0 Å². The summed E-state index contributed by atoms with van der Waals surface area (Å²) in [6.45, 7) is 0. The first kappa shape index (κ1) is 10.3. The van der Waals surface area contributed by atoms with Crippen LogP contribution in [0, 0.1) is 0 Å². The lowest BCUT2D eigenvalue weighted by Gasteiger charge is -1.97. The Morgan fingerprint density at radius 3 is 2.90 bits per heavy atom. The summed E-state index contributed by atoms with van der Waals surface area (Å²) < 4.78 is 4.46. The van der Waals surface area contributed by atoms with Gasteiger partial charge in [-0.15, -0.1) is 0 Å². The number of rotatable bonds is 5. The van der Waals surface area contributed by atoms with Crippen LogP contribution in [0.15, 0.2) is 0 Å². The van der Waals surface area contributed by atoms with Crippen molar-refractivity contribution in [3.8, 4) is 0 Å². The monoisotopic (exact) mass is 226 g/mol. The molecule has 0 fully saturated rings. The maximum Gasteiger partial charge on any atom is 0.315 e. The lowest BCUT2D eigenvalue weighted by atomic mass is 10.6. The Kier molecular flexibility index (Phi) is 7.63. The summed E-state index contributed by atoms with van der Waals surface area (Å²) in [5, 5.41) is 1.00. The molecule has 0 rings (SSSR count). The van der Waals surface area contributed by atoms with Gasteiger partial charge in [-0.3, -0.25) is 4.79 Å². The SMILES string of the molecule is COC(=O)CSCCCBr. The van der Waals surface area contributed by atoms with Gasteiger partial charge in [0.05, 0.1) is 12.9 Å². The Morgan fingerprint density at radius 2 is 2.40 bits per heavy atom. The van der Waals surface area contributed by atoms with Crippen LogP contribution in [0.5, 0.6) is 0 Å². The van der Waals surface area contributed by atoms with Crippen molar-refractivity contribution in [2.75, 3.05) is 23.9 Å². The van der Waals surface area contributed by atoms with Crippen molar-refractivity contribution in [2.45, 2.75) is 6.42 Å². The van der Waals surface area contributed by atoms with Gasteiger partial charge < -0.3 is 4.74 Å². The van der Waals surface area contributed by atoms with Gasteiger partial charge in [0.15, 0.2) is 0 Å². The zero-order valence-corrected chi connectivity index (χ0v) is 8.33. The Labute approximate surface area is 73.8 Å². The van der Waals surface area contributed by atoms with Crippen LogP contribution in [0.25, 0.3) is 0 Å². The fourth-order valence-electron chi connectivity index (χ4n) is 0.371. The van der Waals surface area contributed by atoms with Crippen LogP contribution in [-0.4, -0.2) is 29.9 Å². The maximum atomic E-state index is 10.5. The maximum absolute atomic E-state index is 10.5. The number of thioether (sulfide) groups is 1. The zero-order chi connectivity index (χ0) is 7.82. The molecule has 0 amide bonds. The van der Waals surface area contributed by atoms with Crippen LogP contribution in [0.4, 0.5) is 0 Å². The lowest BCUT2D eigenvalue weighted by Crippen LogP contribution is -2.03. The summed E-state index contributed by atoms with van der Waals surface area (Å²) in [6.07, 6.45) is 1.10. The molecule has 0 aliphatic heterocycles. The van der Waals surface area contributed by atoms with E-state index in [1.54, 1.807) is 11.8 Å². The van der Waals surface area contributed by atoms with Gasteiger partial charge in [0.25, 0.3) is 0 Å². The summed E-state index contributed by atoms with van der Waals surface area (Å²) in [6, 6.07) is 0. The highest BCUT2D eigenvalue weighted by Crippen LogP contribution is 2.03. The first-order chi connectivity index (χ1) is 4.81. The van der Waals surface area contributed by atoms with Gasteiger partial charge in [-0.05, 0) is 12.2 Å². The van der Waals surface area contributed by atoms with Gasteiger partial charge in [0, 0.05) is 5.33 Å². The summed E-state index contributed by atoms with van der Waals surface area (Å²) in [5.41, 5.74) is 0. The number of methoxy groups -OCH3 is 1. The van der Waals surface area contributed by atoms with Gasteiger partial charge >= 0.3 is 5.97 Å². The first-order valence-electron chi connectivity index (χ1n) is 3.01. The molecular formula is C6H11BrO2S. The summed E-state index contributed by atoms with van der Waals surface area (Å²) >= 11 is 4.91. The van der Waals surface area contributed by atoms with E-state index < -0.39 is 0 Å². The molecule has 0 bridgehead atoms. The Balaban J connectivity index is 2.96. The predicted octanol–water partition coefficient (Wildman–Crippen LogP) is 1.68. The number of carbonyl (C=O) groups excluding carboxylic acids is 1. The molecule has 0 radical (unpaired) electrons. The van der Waals surface area contributed by atoms with Crippen molar-refractivity contribution in [1.29, 1.82) is 0 Å². The van der Waals surface area contributed by atoms with Gasteiger partial charge in [-0.1, -0.05) is 15.9 Å². The lowest BCUT2D eigenvalue weighted by molar-refractivity contribution is -0.137. The first-order valence-corrected chi connectivity index (χ1v) is 5.29. The third-order valence-corrected chi connectivity index (χ3v) is 2.45. The van der Waals surface area contributed by atoms with Gasteiger partial charge in [0.2, 0.25) is 0 Å². The van der Waals surface area contributed by atoms with E-state index in [2.05, 4.69) is 20.7 Å². The molecule has 4 heteroatoms. The normalized spacial score (nSPS) is 9.40. The number of ether oxygens (including phenoxy) is 1. The van der Waals surface area contributed by atoms with Crippen LogP contribution < -0.4 is 0 Å². The van der Waals surface area contributed by atoms with Crippen molar-refractivity contribution in [2.24, 2.45) is 0 Å². The fraction of sp³-hybridized carbons (Fsp3) is 0.833. The van der Waals surface area contributed by atoms with E-state index in [4.69, 9.17) is 0 Å². The topological polar surface area (TPSA) is 26.3 Å². The minimum Gasteiger partial charge on any atom is -0.468 e. The zero-order valence-electron chi connectivity index (χ0n) is 5.93. The van der Waals surface area contributed by atoms with Crippen molar-refractivity contribution in [3.63, 3.8) is 0 Å². The number of carbonyl (C=O) groups is 1. The number of esters is 1. The van der Waals surface area contributed by atoms with E-state index in [0.29, 0.717) is 5.75 Å². The van der Waals surface area contributed by atoms with E-state index in [0.717, 1.165) is 17.5 Å². The molecule has 0 aliphatic carbocycles. The molecule has 10 heavy (non-hydrogen) atoms. The van der Waals surface area contributed by atoms with Gasteiger partial charge in [-0.25, -0.2) is 0 Å². The quantitative estimate of drug-likeness (QED) is 0.406. The highest BCUT2D eigenvalue weighted by molar-refractivity contribution is 9.09. The molecule has 0 aromatic carbocycles. The van der Waals surface area contributed by atoms with Crippen LogP contribution in [-0.2, 0) is 9.53 Å². The molecule has 0 saturated heterocycles. The van der Waals surface area contributed by atoms with Crippen molar-refractivity contribution in [3.05, 3.63) is 0 Å². The summed E-state index contributed by atoms with van der Waals surface area (Å²) in [7, 11) is 1.41. The third kappa shape index (κ3) is 6.42. The summed E-state index contributed by atoms with van der Waals surface area (Å²) in [5.74, 6) is 1.35. The molecule has 0 aromatic rings. The highest BCUT2D eigenvalue weighted by atomic mass is 79.9. The molecule has 0 saturated carbocycles. The summed E-state index contributed by atoms with van der Waals surface area (Å²) in [4.78, 5) is 10.5. The average Bonchev–Trinajstić information content (AvgIpc) is 1.98. The minimum absolute atomic E-state index is 0.139. The number of halogens is 1. The van der Waals surface area contributed by atoms with E-state index in [9.17, 15) is 4.79 Å². The van der Waals surface area contributed by atoms with Crippen LogP contribution >= 0.6 is 27.7 Å². The van der Waals surface area contributed by atoms with Crippen LogP contribution in [0.1, 0.15) is 6.42 Å². The molecule has 0 aliphatic rings. The molecular weight excluding hydrogens is 216 g/mol. The number of hydrogen-bond acceptors (Lipinski definition) is 3. The molecule has 60 valence electrons. The second kappa shape index (κ2) is 7.41. The van der Waals surface area contributed by atoms with Crippen LogP contribution in [0.2, 0.25) is 0 Å². The smallest absolute Gasteiger partial charge is 0.315 e. The van der Waals surface area contributed by atoms with Crippen molar-refractivity contribution in [1.82, 2.24) is 0 Å². The van der Waals surface area contributed by atoms with E-state index in [-0.39, 0.29) is 5.97 Å². The van der Waals surface area contributed by atoms with E-state index in [1.165, 1.54) is 7.11 Å². The van der Waals surface area contributed by atoms with E-state index in [1.807, 2.05) is 0 Å². The van der Waals surface area contributed by atoms with Gasteiger partial charge in [-0.2, -0.15) is 11.8 Å². The number of alkyl halides is 1. The Morgan fingerprint density at radius 1 is 1.70 bits per heavy atom. The van der Waals surface area contributed by atoms with Crippen molar-refractivity contribution >= 4 is 33.7 Å². The molecule has 0 spiro atoms. The second-order valence-corrected chi connectivity index (χ2v) is 3.57. The molecule has 0 atom stereocenters. The average molecular weight is 227 g/mol. The largest absolute Gasteiger partial charge is 0.468 e. The second-order valence-electron chi connectivity index (χ2n) is 1.67. The fourth-order valence-corrected chi connectivity index (χ4v) is 1.80. The molecule has 0 heterocycles. The standard InChI is InChI=1S/C6H11BrO2S/c1-9-6(8)5-10-4-2-3-7/h2-5H2,1H3.